The second-order valence-corrected chi connectivity index (χ2v) is 3.57. The van der Waals surface area contributed by atoms with Crippen LogP contribution < -0.4 is 5.73 Å². The summed E-state index contributed by atoms with van der Waals surface area (Å²) >= 11 is 0. The van der Waals surface area contributed by atoms with E-state index in [1.165, 1.54) is 12.8 Å². The van der Waals surface area contributed by atoms with E-state index < -0.39 is 0 Å². The molecule has 4 nitrogen and oxygen atoms in total. The third-order valence-electron chi connectivity index (χ3n) is 2.65. The van der Waals surface area contributed by atoms with E-state index in [0.29, 0.717) is 11.9 Å². The van der Waals surface area contributed by atoms with Gasteiger partial charge >= 0.3 is 0 Å². The number of hydrogen-bond donors (Lipinski definition) is 1. The SMILES string of the molecule is CC(c1cc(N)no1)N1CCCC1. The fourth-order valence-corrected chi connectivity index (χ4v) is 1.81. The highest BCUT2D eigenvalue weighted by molar-refractivity contribution is 5.27. The van der Waals surface area contributed by atoms with Crippen LogP contribution in [0.1, 0.15) is 31.6 Å². The molecule has 1 aliphatic rings. The van der Waals surface area contributed by atoms with Gasteiger partial charge in [-0.25, -0.2) is 0 Å². The van der Waals surface area contributed by atoms with Crippen LogP contribution in [0, 0.1) is 0 Å². The summed E-state index contributed by atoms with van der Waals surface area (Å²) in [7, 11) is 0. The molecule has 0 amide bonds. The van der Waals surface area contributed by atoms with Gasteiger partial charge in [0, 0.05) is 6.07 Å². The fourth-order valence-electron chi connectivity index (χ4n) is 1.81. The first-order valence-corrected chi connectivity index (χ1v) is 4.73. The van der Waals surface area contributed by atoms with Crippen molar-refractivity contribution in [3.05, 3.63) is 11.8 Å². The van der Waals surface area contributed by atoms with Crippen LogP contribution in [0.15, 0.2) is 10.6 Å². The van der Waals surface area contributed by atoms with Gasteiger partial charge in [-0.05, 0) is 32.9 Å². The molecule has 0 saturated carbocycles. The predicted octanol–water partition coefficient (Wildman–Crippen LogP) is 1.41. The first-order valence-electron chi connectivity index (χ1n) is 4.73. The van der Waals surface area contributed by atoms with Crippen molar-refractivity contribution in [2.24, 2.45) is 0 Å². The van der Waals surface area contributed by atoms with Crippen LogP contribution in [0.3, 0.4) is 0 Å². The molecule has 1 aromatic rings. The molecule has 2 heterocycles. The van der Waals surface area contributed by atoms with Gasteiger partial charge in [-0.2, -0.15) is 0 Å². The van der Waals surface area contributed by atoms with Crippen LogP contribution in [0.5, 0.6) is 0 Å². The lowest BCUT2D eigenvalue weighted by Crippen LogP contribution is -2.22. The fraction of sp³-hybridized carbons (Fsp3) is 0.667. The summed E-state index contributed by atoms with van der Waals surface area (Å²) in [5, 5.41) is 3.69. The number of anilines is 1. The van der Waals surface area contributed by atoms with Gasteiger partial charge in [0.15, 0.2) is 11.6 Å². The van der Waals surface area contributed by atoms with Crippen molar-refractivity contribution in [2.45, 2.75) is 25.8 Å². The molecule has 1 saturated heterocycles. The maximum absolute atomic E-state index is 5.49. The van der Waals surface area contributed by atoms with Crippen LogP contribution in [0.25, 0.3) is 0 Å². The van der Waals surface area contributed by atoms with Gasteiger partial charge in [-0.15, -0.1) is 0 Å². The van der Waals surface area contributed by atoms with Gasteiger partial charge < -0.3 is 10.3 Å². The molecule has 2 rings (SSSR count). The molecule has 0 bridgehead atoms. The van der Waals surface area contributed by atoms with Gasteiger partial charge in [0.2, 0.25) is 0 Å². The minimum absolute atomic E-state index is 0.312. The Hall–Kier alpha value is -1.03. The van der Waals surface area contributed by atoms with Crippen LogP contribution >= 0.6 is 0 Å². The van der Waals surface area contributed by atoms with Crippen LogP contribution in [-0.2, 0) is 0 Å². The van der Waals surface area contributed by atoms with Crippen LogP contribution in [-0.4, -0.2) is 23.1 Å². The Morgan fingerprint density at radius 2 is 2.23 bits per heavy atom. The Bertz CT molecular complexity index is 278. The standard InChI is InChI=1S/C9H15N3O/c1-7(12-4-2-3-5-12)8-6-9(10)11-13-8/h6-7H,2-5H2,1H3,(H2,10,11). The van der Waals surface area contributed by atoms with Crippen LogP contribution in [0.4, 0.5) is 5.82 Å². The number of rotatable bonds is 2. The molecule has 1 aromatic heterocycles. The highest BCUT2D eigenvalue weighted by atomic mass is 16.5. The van der Waals surface area contributed by atoms with Gasteiger partial charge in [-0.3, -0.25) is 4.90 Å². The maximum atomic E-state index is 5.49. The molecule has 1 aliphatic heterocycles. The van der Waals surface area contributed by atoms with E-state index in [4.69, 9.17) is 10.3 Å². The van der Waals surface area contributed by atoms with Crippen molar-refractivity contribution >= 4 is 5.82 Å². The molecular weight excluding hydrogens is 166 g/mol. The van der Waals surface area contributed by atoms with Crippen molar-refractivity contribution in [3.8, 4) is 0 Å². The molecule has 0 aromatic carbocycles. The molecule has 0 spiro atoms. The van der Waals surface area contributed by atoms with Crippen molar-refractivity contribution in [1.29, 1.82) is 0 Å². The Balaban J connectivity index is 2.07. The normalized spacial score (nSPS) is 20.7. The van der Waals surface area contributed by atoms with Gasteiger partial charge in [0.25, 0.3) is 0 Å². The average Bonchev–Trinajstić information content (AvgIpc) is 2.72. The lowest BCUT2D eigenvalue weighted by molar-refractivity contribution is 0.216. The van der Waals surface area contributed by atoms with E-state index in [-0.39, 0.29) is 0 Å². The quantitative estimate of drug-likeness (QED) is 0.749. The van der Waals surface area contributed by atoms with Crippen molar-refractivity contribution in [2.75, 3.05) is 18.8 Å². The summed E-state index contributed by atoms with van der Waals surface area (Å²) in [6, 6.07) is 2.12. The smallest absolute Gasteiger partial charge is 0.167 e. The van der Waals surface area contributed by atoms with Crippen LogP contribution in [0.2, 0.25) is 0 Å². The van der Waals surface area contributed by atoms with Gasteiger partial charge in [0.1, 0.15) is 0 Å². The van der Waals surface area contributed by atoms with E-state index in [1.54, 1.807) is 0 Å². The molecule has 72 valence electrons. The molecular formula is C9H15N3O. The molecule has 0 radical (unpaired) electrons. The summed E-state index contributed by atoms with van der Waals surface area (Å²) in [6.07, 6.45) is 2.57. The summed E-state index contributed by atoms with van der Waals surface area (Å²) in [5.41, 5.74) is 5.49. The monoisotopic (exact) mass is 181 g/mol. The number of aromatic nitrogens is 1. The van der Waals surface area contributed by atoms with E-state index in [9.17, 15) is 0 Å². The minimum atomic E-state index is 0.312. The second-order valence-electron chi connectivity index (χ2n) is 3.57. The molecule has 2 N–H and O–H groups in total. The van der Waals surface area contributed by atoms with E-state index in [2.05, 4.69) is 17.0 Å². The Morgan fingerprint density at radius 3 is 2.77 bits per heavy atom. The summed E-state index contributed by atoms with van der Waals surface area (Å²) in [6.45, 7) is 4.44. The lowest BCUT2D eigenvalue weighted by atomic mass is 10.2. The first-order chi connectivity index (χ1) is 6.27. The number of nitrogens with two attached hydrogens (primary N) is 1. The third-order valence-corrected chi connectivity index (χ3v) is 2.65. The Kier molecular flexibility index (Phi) is 2.22. The predicted molar refractivity (Wildman–Crippen MR) is 50.1 cm³/mol. The summed E-state index contributed by atoms with van der Waals surface area (Å²) < 4.78 is 5.12. The zero-order valence-electron chi connectivity index (χ0n) is 7.86. The zero-order valence-corrected chi connectivity index (χ0v) is 7.86. The first kappa shape index (κ1) is 8.56. The second kappa shape index (κ2) is 3.38. The van der Waals surface area contributed by atoms with Crippen molar-refractivity contribution in [3.63, 3.8) is 0 Å². The van der Waals surface area contributed by atoms with Gasteiger partial charge in [-0.1, -0.05) is 5.16 Å². The molecule has 1 atom stereocenters. The lowest BCUT2D eigenvalue weighted by Gasteiger charge is -2.20. The Labute approximate surface area is 77.7 Å². The molecule has 13 heavy (non-hydrogen) atoms. The third kappa shape index (κ3) is 1.67. The highest BCUT2D eigenvalue weighted by Crippen LogP contribution is 2.25. The Morgan fingerprint density at radius 1 is 1.54 bits per heavy atom. The van der Waals surface area contributed by atoms with E-state index in [0.717, 1.165) is 18.8 Å². The zero-order chi connectivity index (χ0) is 9.26. The molecule has 1 unspecified atom stereocenters. The minimum Gasteiger partial charge on any atom is -0.381 e. The topological polar surface area (TPSA) is 55.3 Å². The van der Waals surface area contributed by atoms with Gasteiger partial charge in [0.05, 0.1) is 6.04 Å². The largest absolute Gasteiger partial charge is 0.381 e. The average molecular weight is 181 g/mol. The number of nitrogen functional groups attached to an aromatic ring is 1. The number of likely N-dealkylation sites (tertiary alicyclic amines) is 1. The van der Waals surface area contributed by atoms with E-state index in [1.807, 2.05) is 6.07 Å². The maximum Gasteiger partial charge on any atom is 0.167 e. The summed E-state index contributed by atoms with van der Waals surface area (Å²) in [4.78, 5) is 2.39. The molecule has 0 aliphatic carbocycles. The summed E-state index contributed by atoms with van der Waals surface area (Å²) in [5.74, 6) is 1.35. The van der Waals surface area contributed by atoms with E-state index >= 15 is 0 Å². The molecule has 4 heteroatoms. The van der Waals surface area contributed by atoms with Crippen molar-refractivity contribution in [1.82, 2.24) is 10.1 Å². The number of hydrogen-bond acceptors (Lipinski definition) is 4. The van der Waals surface area contributed by atoms with Crippen molar-refractivity contribution < 1.29 is 4.52 Å². The molecule has 1 fully saturated rings. The highest BCUT2D eigenvalue weighted by Gasteiger charge is 2.22. The number of nitrogens with zero attached hydrogens (tertiary/aromatic N) is 2.